The van der Waals surface area contributed by atoms with Gasteiger partial charge < -0.3 is 18.9 Å². The molecule has 182 valence electrons. The summed E-state index contributed by atoms with van der Waals surface area (Å²) in [5.41, 5.74) is 1.74. The van der Waals surface area contributed by atoms with Crippen LogP contribution in [-0.4, -0.2) is 44.5 Å². The summed E-state index contributed by atoms with van der Waals surface area (Å²) in [6.07, 6.45) is 2.88. The van der Waals surface area contributed by atoms with Crippen molar-refractivity contribution in [1.29, 1.82) is 0 Å². The highest BCUT2D eigenvalue weighted by Crippen LogP contribution is 2.17. The summed E-state index contributed by atoms with van der Waals surface area (Å²) < 4.78 is 19.8. The average molecular weight is 478 g/mol. The van der Waals surface area contributed by atoms with Crippen LogP contribution in [0.4, 0.5) is 0 Å². The normalized spacial score (nSPS) is 10.3. The van der Waals surface area contributed by atoms with Crippen LogP contribution >= 0.6 is 0 Å². The van der Waals surface area contributed by atoms with Gasteiger partial charge in [-0.15, -0.1) is 0 Å². The van der Waals surface area contributed by atoms with Gasteiger partial charge in [-0.25, -0.2) is 4.79 Å². The van der Waals surface area contributed by atoms with Gasteiger partial charge in [0, 0.05) is 11.1 Å². The predicted octanol–water partition coefficient (Wildman–Crippen LogP) is 4.11. The van der Waals surface area contributed by atoms with E-state index in [-0.39, 0.29) is 42.5 Å². The summed E-state index contributed by atoms with van der Waals surface area (Å²) in [7, 11) is 2.53. The van der Waals surface area contributed by atoms with Gasteiger partial charge in [0.2, 0.25) is 0 Å². The SMILES string of the molecule is C=C(COc1ccc(C(=O)/C=C/c2ccc(OC(=O)C(=C)CC(=O)OC)cc2)cc1)CC(=O)OC. The molecule has 0 bridgehead atoms. The van der Waals surface area contributed by atoms with Crippen molar-refractivity contribution in [2.24, 2.45) is 0 Å². The van der Waals surface area contributed by atoms with Crippen molar-refractivity contribution in [3.05, 3.63) is 90.0 Å². The Kier molecular flexibility index (Phi) is 10.2. The summed E-state index contributed by atoms with van der Waals surface area (Å²) in [6.45, 7) is 7.44. The lowest BCUT2D eigenvalue weighted by molar-refractivity contribution is -0.141. The van der Waals surface area contributed by atoms with Crippen molar-refractivity contribution in [3.8, 4) is 11.5 Å². The molecule has 8 heteroatoms. The molecule has 0 N–H and O–H groups in total. The molecule has 0 fully saturated rings. The minimum Gasteiger partial charge on any atom is -0.489 e. The second-order valence-corrected chi connectivity index (χ2v) is 7.33. The number of esters is 3. The van der Waals surface area contributed by atoms with E-state index in [9.17, 15) is 19.2 Å². The van der Waals surface area contributed by atoms with Gasteiger partial charge in [-0.2, -0.15) is 0 Å². The number of benzene rings is 2. The van der Waals surface area contributed by atoms with E-state index in [1.54, 1.807) is 54.6 Å². The van der Waals surface area contributed by atoms with E-state index >= 15 is 0 Å². The number of allylic oxidation sites excluding steroid dienone is 1. The van der Waals surface area contributed by atoms with E-state index in [2.05, 4.69) is 22.6 Å². The molecule has 2 aromatic carbocycles. The summed E-state index contributed by atoms with van der Waals surface area (Å²) in [4.78, 5) is 46.8. The topological polar surface area (TPSA) is 105 Å². The molecule has 0 heterocycles. The average Bonchev–Trinajstić information content (AvgIpc) is 2.86. The Labute approximate surface area is 203 Å². The van der Waals surface area contributed by atoms with Crippen LogP contribution in [0, 0.1) is 0 Å². The fraction of sp³-hybridized carbons (Fsp3) is 0.185. The number of rotatable bonds is 12. The fourth-order valence-corrected chi connectivity index (χ4v) is 2.64. The molecule has 0 aromatic heterocycles. The smallest absolute Gasteiger partial charge is 0.339 e. The summed E-state index contributed by atoms with van der Waals surface area (Å²) >= 11 is 0. The molecule has 0 amide bonds. The molecule has 0 aliphatic heterocycles. The monoisotopic (exact) mass is 478 g/mol. The summed E-state index contributed by atoms with van der Waals surface area (Å²) in [5, 5.41) is 0. The van der Waals surface area contributed by atoms with Gasteiger partial charge in [0.15, 0.2) is 5.78 Å². The van der Waals surface area contributed by atoms with Crippen LogP contribution in [0.1, 0.15) is 28.8 Å². The van der Waals surface area contributed by atoms with Crippen LogP contribution in [0.15, 0.2) is 78.9 Å². The molecule has 0 unspecified atom stereocenters. The fourth-order valence-electron chi connectivity index (χ4n) is 2.64. The molecule has 0 saturated carbocycles. The van der Waals surface area contributed by atoms with Crippen LogP contribution in [-0.2, 0) is 23.9 Å². The lowest BCUT2D eigenvalue weighted by Crippen LogP contribution is -2.14. The zero-order valence-electron chi connectivity index (χ0n) is 19.6. The minimum atomic E-state index is -0.728. The highest BCUT2D eigenvalue weighted by atomic mass is 16.5. The molecular weight excluding hydrogens is 452 g/mol. The molecule has 0 aliphatic rings. The van der Waals surface area contributed by atoms with Crippen LogP contribution in [0.5, 0.6) is 11.5 Å². The van der Waals surface area contributed by atoms with Gasteiger partial charge in [-0.05, 0) is 53.6 Å². The standard InChI is InChI=1S/C27H26O8/c1-18(15-25(29)32-3)17-34-22-12-8-21(9-13-22)24(28)14-7-20-5-10-23(11-6-20)35-27(31)19(2)16-26(30)33-4/h5-14H,1-2,15-17H2,3-4H3/b14-7+. The molecule has 0 aliphatic carbocycles. The first-order valence-corrected chi connectivity index (χ1v) is 10.5. The van der Waals surface area contributed by atoms with Crippen LogP contribution in [0.3, 0.4) is 0 Å². The Morgan fingerprint density at radius 3 is 1.97 bits per heavy atom. The van der Waals surface area contributed by atoms with Crippen molar-refractivity contribution in [1.82, 2.24) is 0 Å². The third-order valence-corrected chi connectivity index (χ3v) is 4.60. The number of carbonyl (C=O) groups is 4. The third kappa shape index (κ3) is 9.13. The lowest BCUT2D eigenvalue weighted by Gasteiger charge is -2.08. The second-order valence-electron chi connectivity index (χ2n) is 7.33. The van der Waals surface area contributed by atoms with Crippen LogP contribution in [0.2, 0.25) is 0 Å². The Hall–Kier alpha value is -4.46. The van der Waals surface area contributed by atoms with Gasteiger partial charge in [0.25, 0.3) is 0 Å². The van der Waals surface area contributed by atoms with Gasteiger partial charge >= 0.3 is 17.9 Å². The van der Waals surface area contributed by atoms with Gasteiger partial charge in [-0.1, -0.05) is 31.4 Å². The number of ether oxygens (including phenoxy) is 4. The van der Waals surface area contributed by atoms with E-state index in [0.29, 0.717) is 16.9 Å². The molecule has 2 rings (SSSR count). The molecule has 2 aromatic rings. The van der Waals surface area contributed by atoms with Crippen molar-refractivity contribution in [3.63, 3.8) is 0 Å². The second kappa shape index (κ2) is 13.3. The number of methoxy groups -OCH3 is 2. The van der Waals surface area contributed by atoms with Crippen molar-refractivity contribution in [2.75, 3.05) is 20.8 Å². The molecule has 0 saturated heterocycles. The van der Waals surface area contributed by atoms with Crippen LogP contribution < -0.4 is 9.47 Å². The van der Waals surface area contributed by atoms with Gasteiger partial charge in [0.1, 0.15) is 18.1 Å². The molecule has 35 heavy (non-hydrogen) atoms. The zero-order chi connectivity index (χ0) is 25.8. The number of carbonyl (C=O) groups excluding carboxylic acids is 4. The van der Waals surface area contributed by atoms with E-state index < -0.39 is 11.9 Å². The highest BCUT2D eigenvalue weighted by Gasteiger charge is 2.14. The van der Waals surface area contributed by atoms with Crippen molar-refractivity contribution >= 4 is 29.8 Å². The molecular formula is C27H26O8. The predicted molar refractivity (Wildman–Crippen MR) is 129 cm³/mol. The van der Waals surface area contributed by atoms with E-state index in [1.807, 2.05) is 0 Å². The largest absolute Gasteiger partial charge is 0.489 e. The number of hydrogen-bond donors (Lipinski definition) is 0. The third-order valence-electron chi connectivity index (χ3n) is 4.60. The van der Waals surface area contributed by atoms with Crippen molar-refractivity contribution < 1.29 is 38.1 Å². The number of hydrogen-bond acceptors (Lipinski definition) is 8. The quantitative estimate of drug-likeness (QED) is 0.148. The first-order chi connectivity index (χ1) is 16.7. The Morgan fingerprint density at radius 2 is 1.37 bits per heavy atom. The lowest BCUT2D eigenvalue weighted by atomic mass is 10.1. The van der Waals surface area contributed by atoms with Crippen LogP contribution in [0.25, 0.3) is 6.08 Å². The van der Waals surface area contributed by atoms with Crippen molar-refractivity contribution in [2.45, 2.75) is 12.8 Å². The maximum Gasteiger partial charge on any atom is 0.339 e. The molecule has 0 radical (unpaired) electrons. The summed E-state index contributed by atoms with van der Waals surface area (Å²) in [5.74, 6) is -1.09. The Morgan fingerprint density at radius 1 is 0.800 bits per heavy atom. The van der Waals surface area contributed by atoms with Gasteiger partial charge in [0.05, 0.1) is 27.1 Å². The zero-order valence-corrected chi connectivity index (χ0v) is 19.6. The van der Waals surface area contributed by atoms with E-state index in [0.717, 1.165) is 5.56 Å². The van der Waals surface area contributed by atoms with E-state index in [1.165, 1.54) is 20.3 Å². The Balaban J connectivity index is 1.88. The van der Waals surface area contributed by atoms with E-state index in [4.69, 9.17) is 9.47 Å². The summed E-state index contributed by atoms with van der Waals surface area (Å²) in [6, 6.07) is 13.1. The maximum absolute atomic E-state index is 12.4. The number of ketones is 1. The molecule has 8 nitrogen and oxygen atoms in total. The Bertz CT molecular complexity index is 1120. The minimum absolute atomic E-state index is 0.0195. The van der Waals surface area contributed by atoms with Gasteiger partial charge in [-0.3, -0.25) is 14.4 Å². The highest BCUT2D eigenvalue weighted by molar-refractivity contribution is 6.06. The first-order valence-electron chi connectivity index (χ1n) is 10.5. The first kappa shape index (κ1) is 26.8. The molecule has 0 spiro atoms. The molecule has 0 atom stereocenters. The maximum atomic E-state index is 12.4.